The minimum absolute atomic E-state index is 0.303. The Morgan fingerprint density at radius 3 is 2.20 bits per heavy atom. The van der Waals surface area contributed by atoms with E-state index < -0.39 is 0 Å². The van der Waals surface area contributed by atoms with Gasteiger partial charge in [-0.15, -0.1) is 0 Å². The smallest absolute Gasteiger partial charge is 0.323 e. The Hall–Kier alpha value is -2.20. The molecule has 0 radical (unpaired) electrons. The maximum Gasteiger partial charge on any atom is 0.323 e. The van der Waals surface area contributed by atoms with Gasteiger partial charge >= 0.3 is 6.03 Å². The first-order valence-corrected chi connectivity index (χ1v) is 6.53. The number of nitrogens with zero attached hydrogens (tertiary/aromatic N) is 1. The van der Waals surface area contributed by atoms with Crippen molar-refractivity contribution in [2.75, 3.05) is 29.6 Å². The zero-order chi connectivity index (χ0) is 14.5. The van der Waals surface area contributed by atoms with Crippen LogP contribution < -0.4 is 15.5 Å². The van der Waals surface area contributed by atoms with Crippen LogP contribution >= 0.6 is 11.6 Å². The number of rotatable bonds is 3. The molecule has 0 aliphatic carbocycles. The van der Waals surface area contributed by atoms with Gasteiger partial charge < -0.3 is 15.5 Å². The minimum atomic E-state index is -0.303. The number of anilines is 3. The van der Waals surface area contributed by atoms with Gasteiger partial charge in [0.1, 0.15) is 0 Å². The lowest BCUT2D eigenvalue weighted by atomic mass is 10.2. The molecule has 2 aromatic carbocycles. The second kappa shape index (κ2) is 6.30. The quantitative estimate of drug-likeness (QED) is 0.895. The SMILES string of the molecule is CN(C)c1cccc(NC(=O)Nc2cccc(Cl)c2)c1. The third-order valence-electron chi connectivity index (χ3n) is 2.70. The monoisotopic (exact) mass is 289 g/mol. The van der Waals surface area contributed by atoms with E-state index in [0.29, 0.717) is 10.7 Å². The summed E-state index contributed by atoms with van der Waals surface area (Å²) in [5.74, 6) is 0. The summed E-state index contributed by atoms with van der Waals surface area (Å²) >= 11 is 5.87. The molecule has 0 saturated heterocycles. The van der Waals surface area contributed by atoms with Crippen molar-refractivity contribution in [1.29, 1.82) is 0 Å². The van der Waals surface area contributed by atoms with Crippen molar-refractivity contribution in [2.24, 2.45) is 0 Å². The van der Waals surface area contributed by atoms with Crippen LogP contribution in [0.1, 0.15) is 0 Å². The van der Waals surface area contributed by atoms with Gasteiger partial charge in [-0.3, -0.25) is 0 Å². The van der Waals surface area contributed by atoms with Crippen LogP contribution in [0.15, 0.2) is 48.5 Å². The fourth-order valence-electron chi connectivity index (χ4n) is 1.72. The van der Waals surface area contributed by atoms with Gasteiger partial charge in [-0.2, -0.15) is 0 Å². The van der Waals surface area contributed by atoms with Crippen LogP contribution in [0.3, 0.4) is 0 Å². The molecule has 2 amide bonds. The predicted molar refractivity (Wildman–Crippen MR) is 84.9 cm³/mol. The number of nitrogens with one attached hydrogen (secondary N) is 2. The second-order valence-electron chi connectivity index (χ2n) is 4.53. The first kappa shape index (κ1) is 14.2. The van der Waals surface area contributed by atoms with Crippen molar-refractivity contribution in [1.82, 2.24) is 0 Å². The summed E-state index contributed by atoms with van der Waals surface area (Å²) in [7, 11) is 3.90. The van der Waals surface area contributed by atoms with Crippen molar-refractivity contribution < 1.29 is 4.79 Å². The van der Waals surface area contributed by atoms with E-state index in [1.165, 1.54) is 0 Å². The number of hydrogen-bond donors (Lipinski definition) is 2. The van der Waals surface area contributed by atoms with Gasteiger partial charge in [0.2, 0.25) is 0 Å². The van der Waals surface area contributed by atoms with Gasteiger partial charge in [-0.05, 0) is 36.4 Å². The van der Waals surface area contributed by atoms with Gasteiger partial charge in [-0.1, -0.05) is 23.7 Å². The number of halogens is 1. The standard InChI is InChI=1S/C15H16ClN3O/c1-19(2)14-8-4-7-13(10-14)18-15(20)17-12-6-3-5-11(16)9-12/h3-10H,1-2H3,(H2,17,18,20). The van der Waals surface area contributed by atoms with Gasteiger partial charge in [0, 0.05) is 36.2 Å². The Bertz CT molecular complexity index is 614. The van der Waals surface area contributed by atoms with E-state index >= 15 is 0 Å². The van der Waals surface area contributed by atoms with E-state index in [0.717, 1.165) is 11.4 Å². The van der Waals surface area contributed by atoms with E-state index in [4.69, 9.17) is 11.6 Å². The Balaban J connectivity index is 2.03. The maximum absolute atomic E-state index is 11.9. The fourth-order valence-corrected chi connectivity index (χ4v) is 1.91. The highest BCUT2D eigenvalue weighted by molar-refractivity contribution is 6.30. The summed E-state index contributed by atoms with van der Waals surface area (Å²) in [6, 6.07) is 14.3. The van der Waals surface area contributed by atoms with E-state index in [-0.39, 0.29) is 6.03 Å². The molecule has 104 valence electrons. The number of hydrogen-bond acceptors (Lipinski definition) is 2. The summed E-state index contributed by atoms with van der Waals surface area (Å²) in [6.07, 6.45) is 0. The number of carbonyl (C=O) groups excluding carboxylic acids is 1. The molecule has 0 unspecified atom stereocenters. The highest BCUT2D eigenvalue weighted by Gasteiger charge is 2.04. The average Bonchev–Trinajstić information content (AvgIpc) is 2.38. The Labute approximate surface area is 123 Å². The van der Waals surface area contributed by atoms with Gasteiger partial charge in [0.05, 0.1) is 0 Å². The molecule has 20 heavy (non-hydrogen) atoms. The molecule has 0 spiro atoms. The van der Waals surface area contributed by atoms with Crippen molar-refractivity contribution in [2.45, 2.75) is 0 Å². The molecule has 2 aromatic rings. The number of amides is 2. The zero-order valence-corrected chi connectivity index (χ0v) is 12.1. The number of urea groups is 1. The average molecular weight is 290 g/mol. The molecule has 0 atom stereocenters. The summed E-state index contributed by atoms with van der Waals surface area (Å²) in [4.78, 5) is 13.9. The lowest BCUT2D eigenvalue weighted by Crippen LogP contribution is -2.19. The molecule has 2 rings (SSSR count). The lowest BCUT2D eigenvalue weighted by molar-refractivity contribution is 0.262. The summed E-state index contributed by atoms with van der Waals surface area (Å²) in [5.41, 5.74) is 2.40. The van der Waals surface area contributed by atoms with Crippen LogP contribution in [0.2, 0.25) is 5.02 Å². The highest BCUT2D eigenvalue weighted by atomic mass is 35.5. The highest BCUT2D eigenvalue weighted by Crippen LogP contribution is 2.18. The van der Waals surface area contributed by atoms with E-state index in [9.17, 15) is 4.79 Å². The van der Waals surface area contributed by atoms with Crippen LogP contribution in [0.5, 0.6) is 0 Å². The Kier molecular flexibility index (Phi) is 4.48. The molecule has 0 aliphatic rings. The van der Waals surface area contributed by atoms with Gasteiger partial charge in [-0.25, -0.2) is 4.79 Å². The van der Waals surface area contributed by atoms with Crippen molar-refractivity contribution in [3.05, 3.63) is 53.6 Å². The molecule has 4 nitrogen and oxygen atoms in total. The first-order valence-electron chi connectivity index (χ1n) is 6.15. The molecule has 0 aliphatic heterocycles. The van der Waals surface area contributed by atoms with Crippen LogP contribution in [0.4, 0.5) is 21.9 Å². The minimum Gasteiger partial charge on any atom is -0.378 e. The summed E-state index contributed by atoms with van der Waals surface area (Å²) in [6.45, 7) is 0. The molecular weight excluding hydrogens is 274 g/mol. The third-order valence-corrected chi connectivity index (χ3v) is 2.94. The first-order chi connectivity index (χ1) is 9.54. The zero-order valence-electron chi connectivity index (χ0n) is 11.4. The topological polar surface area (TPSA) is 44.4 Å². The third kappa shape index (κ3) is 3.90. The van der Waals surface area contributed by atoms with Gasteiger partial charge in [0.15, 0.2) is 0 Å². The van der Waals surface area contributed by atoms with Crippen LogP contribution in [0, 0.1) is 0 Å². The van der Waals surface area contributed by atoms with Crippen LogP contribution in [-0.4, -0.2) is 20.1 Å². The van der Waals surface area contributed by atoms with E-state index in [1.807, 2.05) is 43.3 Å². The molecule has 5 heteroatoms. The van der Waals surface area contributed by atoms with Gasteiger partial charge in [0.25, 0.3) is 0 Å². The van der Waals surface area contributed by atoms with Crippen molar-refractivity contribution in [3.8, 4) is 0 Å². The number of carbonyl (C=O) groups is 1. The molecular formula is C15H16ClN3O. The normalized spacial score (nSPS) is 9.95. The molecule has 0 bridgehead atoms. The Morgan fingerprint density at radius 1 is 1.00 bits per heavy atom. The van der Waals surface area contributed by atoms with Crippen LogP contribution in [-0.2, 0) is 0 Å². The number of benzene rings is 2. The molecule has 0 fully saturated rings. The van der Waals surface area contributed by atoms with Crippen LogP contribution in [0.25, 0.3) is 0 Å². The summed E-state index contributed by atoms with van der Waals surface area (Å²) < 4.78 is 0. The van der Waals surface area contributed by atoms with E-state index in [2.05, 4.69) is 10.6 Å². The van der Waals surface area contributed by atoms with E-state index in [1.54, 1.807) is 24.3 Å². The largest absolute Gasteiger partial charge is 0.378 e. The van der Waals surface area contributed by atoms with Crippen molar-refractivity contribution in [3.63, 3.8) is 0 Å². The predicted octanol–water partition coefficient (Wildman–Crippen LogP) is 4.05. The second-order valence-corrected chi connectivity index (χ2v) is 4.97. The molecule has 0 saturated carbocycles. The lowest BCUT2D eigenvalue weighted by Gasteiger charge is -2.14. The Morgan fingerprint density at radius 2 is 1.60 bits per heavy atom. The summed E-state index contributed by atoms with van der Waals surface area (Å²) in [5, 5.41) is 6.10. The molecule has 0 aromatic heterocycles. The maximum atomic E-state index is 11.9. The van der Waals surface area contributed by atoms with Crippen molar-refractivity contribution >= 4 is 34.7 Å². The molecule has 0 heterocycles. The fraction of sp³-hybridized carbons (Fsp3) is 0.133. The molecule has 2 N–H and O–H groups in total.